The molecule has 0 atom stereocenters. The fraction of sp³-hybridized carbons (Fsp3) is 0.625. The summed E-state index contributed by atoms with van der Waals surface area (Å²) >= 11 is 0. The second-order valence-corrected chi connectivity index (χ2v) is 6.16. The van der Waals surface area contributed by atoms with Crippen molar-refractivity contribution in [3.05, 3.63) is 29.3 Å². The molecule has 1 aromatic carbocycles. The molecule has 1 aliphatic carbocycles. The highest BCUT2D eigenvalue weighted by molar-refractivity contribution is 5.39. The Balaban J connectivity index is 1.54. The summed E-state index contributed by atoms with van der Waals surface area (Å²) < 4.78 is 5.53. The van der Waals surface area contributed by atoms with Gasteiger partial charge in [0.05, 0.1) is 6.61 Å². The highest BCUT2D eigenvalue weighted by Gasteiger charge is 2.44. The number of nitrogens with one attached hydrogen (secondary N) is 1. The molecule has 1 fully saturated rings. The van der Waals surface area contributed by atoms with Crippen molar-refractivity contribution in [3.63, 3.8) is 0 Å². The lowest BCUT2D eigenvalue weighted by atomic mass is 9.92. The van der Waals surface area contributed by atoms with Gasteiger partial charge in [-0.15, -0.1) is 0 Å². The third-order valence-electron chi connectivity index (χ3n) is 4.68. The van der Waals surface area contributed by atoms with Crippen LogP contribution in [0.1, 0.15) is 37.8 Å². The minimum absolute atomic E-state index is 0.597. The van der Waals surface area contributed by atoms with E-state index >= 15 is 0 Å². The average molecular weight is 245 g/mol. The largest absolute Gasteiger partial charge is 0.493 e. The third kappa shape index (κ3) is 2.26. The van der Waals surface area contributed by atoms with Gasteiger partial charge in [0.25, 0.3) is 0 Å². The number of hydrogen-bond donors (Lipinski definition) is 1. The van der Waals surface area contributed by atoms with Gasteiger partial charge in [0, 0.05) is 19.5 Å². The number of fused-ring (bicyclic) bond motifs is 1. The predicted molar refractivity (Wildman–Crippen MR) is 73.9 cm³/mol. The normalized spacial score (nSPS) is 19.7. The van der Waals surface area contributed by atoms with Crippen LogP contribution in [0.4, 0.5) is 0 Å². The molecule has 1 aliphatic heterocycles. The van der Waals surface area contributed by atoms with Gasteiger partial charge < -0.3 is 10.1 Å². The van der Waals surface area contributed by atoms with Gasteiger partial charge in [-0.2, -0.15) is 0 Å². The molecule has 98 valence electrons. The topological polar surface area (TPSA) is 21.3 Å². The Hall–Kier alpha value is -1.02. The Morgan fingerprint density at radius 2 is 2.17 bits per heavy atom. The first-order valence-electron chi connectivity index (χ1n) is 7.15. The van der Waals surface area contributed by atoms with Crippen LogP contribution in [0, 0.1) is 11.3 Å². The Labute approximate surface area is 110 Å². The lowest BCUT2D eigenvalue weighted by Gasteiger charge is -2.20. The van der Waals surface area contributed by atoms with Gasteiger partial charge in [-0.1, -0.05) is 26.0 Å². The predicted octanol–water partition coefficient (Wildman–Crippen LogP) is 3.15. The molecule has 0 bridgehead atoms. The van der Waals surface area contributed by atoms with Crippen LogP contribution in [0.15, 0.2) is 18.2 Å². The number of ether oxygens (including phenoxy) is 1. The Bertz CT molecular complexity index is 435. The van der Waals surface area contributed by atoms with Crippen LogP contribution < -0.4 is 10.1 Å². The van der Waals surface area contributed by atoms with Crippen molar-refractivity contribution in [2.45, 2.75) is 39.7 Å². The van der Waals surface area contributed by atoms with Gasteiger partial charge in [0.15, 0.2) is 0 Å². The van der Waals surface area contributed by atoms with E-state index < -0.39 is 0 Å². The van der Waals surface area contributed by atoms with Gasteiger partial charge in [-0.25, -0.2) is 0 Å². The van der Waals surface area contributed by atoms with E-state index in [-0.39, 0.29) is 0 Å². The van der Waals surface area contributed by atoms with Crippen molar-refractivity contribution < 1.29 is 4.74 Å². The lowest BCUT2D eigenvalue weighted by molar-refractivity contribution is 0.338. The van der Waals surface area contributed by atoms with Crippen molar-refractivity contribution in [3.8, 4) is 5.75 Å². The molecule has 2 aliphatic rings. The smallest absolute Gasteiger partial charge is 0.122 e. The summed E-state index contributed by atoms with van der Waals surface area (Å²) in [4.78, 5) is 0. The lowest BCUT2D eigenvalue weighted by Crippen LogP contribution is -2.27. The summed E-state index contributed by atoms with van der Waals surface area (Å²) in [5.41, 5.74) is 3.36. The summed E-state index contributed by atoms with van der Waals surface area (Å²) in [6.45, 7) is 7.70. The van der Waals surface area contributed by atoms with Crippen molar-refractivity contribution in [1.29, 1.82) is 0 Å². The summed E-state index contributed by atoms with van der Waals surface area (Å²) in [6.07, 6.45) is 3.87. The zero-order chi connectivity index (χ0) is 12.6. The summed E-state index contributed by atoms with van der Waals surface area (Å²) in [7, 11) is 0. The maximum absolute atomic E-state index is 5.53. The maximum Gasteiger partial charge on any atom is 0.122 e. The van der Waals surface area contributed by atoms with E-state index in [1.54, 1.807) is 0 Å². The molecule has 1 N–H and O–H groups in total. The van der Waals surface area contributed by atoms with E-state index in [9.17, 15) is 0 Å². The molecule has 1 heterocycles. The first-order chi connectivity index (χ1) is 8.70. The van der Waals surface area contributed by atoms with Crippen LogP contribution in [0.5, 0.6) is 5.75 Å². The minimum atomic E-state index is 0.597. The number of rotatable bonds is 5. The first-order valence-corrected chi connectivity index (χ1v) is 7.15. The first kappa shape index (κ1) is 12.0. The molecule has 18 heavy (non-hydrogen) atoms. The van der Waals surface area contributed by atoms with Gasteiger partial charge >= 0.3 is 0 Å². The van der Waals surface area contributed by atoms with E-state index in [0.717, 1.165) is 37.8 Å². The Kier molecular flexibility index (Phi) is 3.06. The molecule has 0 saturated heterocycles. The zero-order valence-electron chi connectivity index (χ0n) is 11.5. The quantitative estimate of drug-likeness (QED) is 0.860. The monoisotopic (exact) mass is 245 g/mol. The molecule has 3 rings (SSSR count). The van der Waals surface area contributed by atoms with Crippen LogP contribution in [-0.2, 0) is 13.0 Å². The maximum atomic E-state index is 5.53. The molecule has 0 aromatic heterocycles. The summed E-state index contributed by atoms with van der Waals surface area (Å²) in [5.74, 6) is 1.89. The van der Waals surface area contributed by atoms with Gasteiger partial charge in [-0.05, 0) is 41.4 Å². The SMILES string of the molecule is CC(C)C1(CNCc2ccc3c(c2)CCO3)CC1. The molecule has 1 aromatic rings. The zero-order valence-corrected chi connectivity index (χ0v) is 11.5. The van der Waals surface area contributed by atoms with Crippen LogP contribution in [0.2, 0.25) is 0 Å². The van der Waals surface area contributed by atoms with Crippen molar-refractivity contribution >= 4 is 0 Å². The molecule has 0 radical (unpaired) electrons. The van der Waals surface area contributed by atoms with E-state index in [1.807, 2.05) is 0 Å². The third-order valence-corrected chi connectivity index (χ3v) is 4.68. The highest BCUT2D eigenvalue weighted by Crippen LogP contribution is 2.51. The standard InChI is InChI=1S/C16H23NO/c1-12(2)16(6-7-16)11-17-10-13-3-4-15-14(9-13)5-8-18-15/h3-4,9,12,17H,5-8,10-11H2,1-2H3. The molecule has 0 amide bonds. The summed E-state index contributed by atoms with van der Waals surface area (Å²) in [5, 5.41) is 3.64. The number of benzene rings is 1. The second-order valence-electron chi connectivity index (χ2n) is 6.16. The fourth-order valence-electron chi connectivity index (χ4n) is 2.92. The molecule has 2 nitrogen and oxygen atoms in total. The molecular weight excluding hydrogens is 222 g/mol. The van der Waals surface area contributed by atoms with Crippen molar-refractivity contribution in [1.82, 2.24) is 5.32 Å². The highest BCUT2D eigenvalue weighted by atomic mass is 16.5. The van der Waals surface area contributed by atoms with Crippen molar-refractivity contribution in [2.75, 3.05) is 13.2 Å². The Morgan fingerprint density at radius 1 is 1.33 bits per heavy atom. The van der Waals surface area contributed by atoms with Crippen LogP contribution in [0.25, 0.3) is 0 Å². The summed E-state index contributed by atoms with van der Waals surface area (Å²) in [6, 6.07) is 6.60. The van der Waals surface area contributed by atoms with Crippen LogP contribution >= 0.6 is 0 Å². The molecule has 1 saturated carbocycles. The molecular formula is C16H23NO. The van der Waals surface area contributed by atoms with E-state index in [0.29, 0.717) is 5.41 Å². The fourth-order valence-corrected chi connectivity index (χ4v) is 2.92. The van der Waals surface area contributed by atoms with Gasteiger partial charge in [0.2, 0.25) is 0 Å². The van der Waals surface area contributed by atoms with E-state index in [4.69, 9.17) is 4.74 Å². The number of hydrogen-bond acceptors (Lipinski definition) is 2. The molecule has 0 spiro atoms. The van der Waals surface area contributed by atoms with Crippen LogP contribution in [-0.4, -0.2) is 13.2 Å². The minimum Gasteiger partial charge on any atom is -0.493 e. The van der Waals surface area contributed by atoms with E-state index in [2.05, 4.69) is 37.4 Å². The van der Waals surface area contributed by atoms with Gasteiger partial charge in [-0.3, -0.25) is 0 Å². The average Bonchev–Trinajstić information content (AvgIpc) is 3.00. The van der Waals surface area contributed by atoms with Gasteiger partial charge in [0.1, 0.15) is 5.75 Å². The van der Waals surface area contributed by atoms with Crippen molar-refractivity contribution in [2.24, 2.45) is 11.3 Å². The van der Waals surface area contributed by atoms with E-state index in [1.165, 1.54) is 24.0 Å². The van der Waals surface area contributed by atoms with Crippen LogP contribution in [0.3, 0.4) is 0 Å². The molecule has 0 unspecified atom stereocenters. The Morgan fingerprint density at radius 3 is 2.89 bits per heavy atom. The second kappa shape index (κ2) is 4.58. The molecule has 2 heteroatoms.